The van der Waals surface area contributed by atoms with Gasteiger partial charge in [-0.3, -0.25) is 9.69 Å². The van der Waals surface area contributed by atoms with Crippen molar-refractivity contribution in [2.24, 2.45) is 4.99 Å². The number of carbonyl (C=O) groups is 1. The molecule has 2 aliphatic heterocycles. The van der Waals surface area contributed by atoms with Crippen LogP contribution in [0.5, 0.6) is 11.6 Å². The number of methoxy groups -OCH3 is 2. The number of piperazine rings is 1. The largest absolute Gasteiger partial charge is 0.495 e. The summed E-state index contributed by atoms with van der Waals surface area (Å²) in [7, 11) is 2.93. The van der Waals surface area contributed by atoms with E-state index in [1.54, 1.807) is 18.2 Å². The second-order valence-electron chi connectivity index (χ2n) is 9.42. The molecule has 0 amide bonds. The molecule has 5 rings (SSSR count). The highest BCUT2D eigenvalue weighted by Gasteiger charge is 2.40. The lowest BCUT2D eigenvalue weighted by Crippen LogP contribution is -2.55. The Morgan fingerprint density at radius 2 is 1.80 bits per heavy atom. The predicted molar refractivity (Wildman–Crippen MR) is 146 cm³/mol. The molecule has 2 aliphatic rings. The van der Waals surface area contributed by atoms with Gasteiger partial charge in [0.05, 0.1) is 48.5 Å². The van der Waals surface area contributed by atoms with Gasteiger partial charge in [-0.05, 0) is 37.3 Å². The molecule has 212 valence electrons. The first-order valence-electron chi connectivity index (χ1n) is 12.5. The van der Waals surface area contributed by atoms with Crippen LogP contribution in [-0.4, -0.2) is 67.3 Å². The smallest absolute Gasteiger partial charge is 0.416 e. The minimum absolute atomic E-state index is 0.111. The third kappa shape index (κ3) is 5.37. The van der Waals surface area contributed by atoms with Crippen LogP contribution in [0.4, 0.5) is 30.2 Å². The van der Waals surface area contributed by atoms with Crippen LogP contribution in [0.15, 0.2) is 47.6 Å². The Hall–Kier alpha value is -4.00. The number of fused-ring (bicyclic) bond motifs is 1. The van der Waals surface area contributed by atoms with Crippen LogP contribution in [0.2, 0.25) is 0 Å². The first-order valence-corrected chi connectivity index (χ1v) is 13.4. The van der Waals surface area contributed by atoms with Crippen molar-refractivity contribution in [3.63, 3.8) is 0 Å². The van der Waals surface area contributed by atoms with Gasteiger partial charge < -0.3 is 24.4 Å². The average Bonchev–Trinajstić information content (AvgIpc) is 3.32. The molecule has 1 fully saturated rings. The molecule has 13 heteroatoms. The van der Waals surface area contributed by atoms with Crippen molar-refractivity contribution < 1.29 is 32.5 Å². The van der Waals surface area contributed by atoms with Gasteiger partial charge in [0, 0.05) is 49.0 Å². The third-order valence-corrected chi connectivity index (χ3v) is 8.04. The highest BCUT2D eigenvalue weighted by atomic mass is 32.1. The fourth-order valence-corrected chi connectivity index (χ4v) is 6.09. The number of ether oxygens (including phenoxy) is 2. The first kappa shape index (κ1) is 27.6. The minimum Gasteiger partial charge on any atom is -0.495 e. The van der Waals surface area contributed by atoms with Crippen molar-refractivity contribution in [3.05, 3.63) is 57.9 Å². The fourth-order valence-electron chi connectivity index (χ4n) is 5.04. The Morgan fingerprint density at radius 1 is 1.07 bits per heavy atom. The number of halogens is 3. The van der Waals surface area contributed by atoms with Gasteiger partial charge in [0.2, 0.25) is 11.8 Å². The molecule has 1 saturated heterocycles. The molecule has 1 unspecified atom stereocenters. The summed E-state index contributed by atoms with van der Waals surface area (Å²) in [5.74, 6) is 0.00314. The first-order chi connectivity index (χ1) is 19.1. The summed E-state index contributed by atoms with van der Waals surface area (Å²) in [5, 5.41) is 9.86. The van der Waals surface area contributed by atoms with Crippen molar-refractivity contribution in [3.8, 4) is 11.6 Å². The molecule has 0 spiro atoms. The van der Waals surface area contributed by atoms with E-state index in [1.165, 1.54) is 24.5 Å². The molecule has 1 aromatic carbocycles. The van der Waals surface area contributed by atoms with Crippen molar-refractivity contribution >= 4 is 40.3 Å². The maximum atomic E-state index is 13.8. The topological polar surface area (TPSA) is 90.7 Å². The number of carboxylic acid groups (broad SMARTS) is 1. The number of rotatable bonds is 6. The van der Waals surface area contributed by atoms with Crippen LogP contribution < -0.4 is 19.3 Å². The second-order valence-corrected chi connectivity index (χ2v) is 10.7. The number of pyridine rings is 1. The van der Waals surface area contributed by atoms with Crippen LogP contribution in [0, 0.1) is 6.92 Å². The average molecular weight is 576 g/mol. The number of thiophene rings is 1. The molecule has 1 N–H and O–H groups in total. The Morgan fingerprint density at radius 3 is 2.45 bits per heavy atom. The van der Waals surface area contributed by atoms with Gasteiger partial charge in [-0.25, -0.2) is 9.98 Å². The number of hydrogen-bond donors (Lipinski definition) is 1. The van der Waals surface area contributed by atoms with Crippen LogP contribution in [0.25, 0.3) is 0 Å². The van der Waals surface area contributed by atoms with E-state index in [-0.39, 0.29) is 17.9 Å². The maximum Gasteiger partial charge on any atom is 0.416 e. The molecule has 40 heavy (non-hydrogen) atoms. The van der Waals surface area contributed by atoms with Gasteiger partial charge in [-0.1, -0.05) is 0 Å². The monoisotopic (exact) mass is 575 g/mol. The van der Waals surface area contributed by atoms with E-state index in [2.05, 4.69) is 9.88 Å². The molecule has 2 aromatic heterocycles. The molecule has 9 nitrogen and oxygen atoms in total. The van der Waals surface area contributed by atoms with E-state index in [0.29, 0.717) is 48.6 Å². The summed E-state index contributed by atoms with van der Waals surface area (Å²) in [5.41, 5.74) is 0.821. The van der Waals surface area contributed by atoms with Gasteiger partial charge in [0.25, 0.3) is 0 Å². The summed E-state index contributed by atoms with van der Waals surface area (Å²) in [6.45, 7) is 4.09. The van der Waals surface area contributed by atoms with Gasteiger partial charge in [0.15, 0.2) is 0 Å². The number of benzene rings is 1. The van der Waals surface area contributed by atoms with Gasteiger partial charge in [-0.15, -0.1) is 11.3 Å². The Labute approximate surface area is 233 Å². The Bertz CT molecular complexity index is 1440. The molecule has 1 atom stereocenters. The summed E-state index contributed by atoms with van der Waals surface area (Å²) < 4.78 is 52.2. The third-order valence-electron chi connectivity index (χ3n) is 6.90. The predicted octanol–water partition coefficient (Wildman–Crippen LogP) is 5.33. The molecular formula is C27H28F3N5O4S. The fraction of sp³-hybridized carbons (Fsp3) is 0.370. The van der Waals surface area contributed by atoms with E-state index >= 15 is 0 Å². The van der Waals surface area contributed by atoms with Crippen molar-refractivity contribution in [2.75, 3.05) is 50.2 Å². The number of nitrogens with zero attached hydrogens (tertiary/aromatic N) is 5. The van der Waals surface area contributed by atoms with E-state index in [1.807, 2.05) is 30.0 Å². The highest BCUT2D eigenvalue weighted by Crippen LogP contribution is 2.48. The summed E-state index contributed by atoms with van der Waals surface area (Å²) in [4.78, 5) is 28.5. The standard InChI is InChI=1S/C27H28F3N5O4S/c1-16-12-19-25(40-16)21(15-24(36)37)35(20-13-17(27(28,29)30)4-5-22(20)38-2)26(32-19)34-10-8-33(9-11-34)18-6-7-31-23(14-18)39-3/h4-7,12-14,21H,8-11,15H2,1-3H3,(H,36,37). The molecule has 4 heterocycles. The number of aliphatic imine (C=N–C) groups is 1. The quantitative estimate of drug-likeness (QED) is 0.422. The normalized spacial score (nSPS) is 17.4. The summed E-state index contributed by atoms with van der Waals surface area (Å²) in [6.07, 6.45) is -3.26. The molecule has 3 aromatic rings. The summed E-state index contributed by atoms with van der Waals surface area (Å²) in [6, 6.07) is 8.06. The SMILES string of the molecule is COc1cc(N2CCN(C3=Nc4cc(C)sc4C(CC(=O)O)N3c3cc(C(F)(F)F)ccc3OC)CC2)ccn1. The number of alkyl halides is 3. The van der Waals surface area contributed by atoms with E-state index in [0.717, 1.165) is 22.7 Å². The lowest BCUT2D eigenvalue weighted by atomic mass is 10.0. The van der Waals surface area contributed by atoms with E-state index in [4.69, 9.17) is 14.5 Å². The van der Waals surface area contributed by atoms with E-state index < -0.39 is 23.8 Å². The van der Waals surface area contributed by atoms with Crippen molar-refractivity contribution in [1.82, 2.24) is 9.88 Å². The number of aliphatic carboxylic acids is 1. The van der Waals surface area contributed by atoms with Crippen LogP contribution >= 0.6 is 11.3 Å². The molecule has 0 bridgehead atoms. The van der Waals surface area contributed by atoms with Crippen molar-refractivity contribution in [1.29, 1.82) is 0 Å². The zero-order chi connectivity index (χ0) is 28.6. The minimum atomic E-state index is -4.60. The maximum absolute atomic E-state index is 13.8. The lowest BCUT2D eigenvalue weighted by Gasteiger charge is -2.44. The molecule has 0 aliphatic carbocycles. The molecule has 0 radical (unpaired) electrons. The summed E-state index contributed by atoms with van der Waals surface area (Å²) >= 11 is 1.39. The van der Waals surface area contributed by atoms with Gasteiger partial charge in [0.1, 0.15) is 5.75 Å². The van der Waals surface area contributed by atoms with Crippen LogP contribution in [0.1, 0.15) is 27.8 Å². The van der Waals surface area contributed by atoms with Crippen molar-refractivity contribution in [2.45, 2.75) is 25.6 Å². The zero-order valence-electron chi connectivity index (χ0n) is 22.1. The van der Waals surface area contributed by atoms with Gasteiger partial charge in [-0.2, -0.15) is 13.2 Å². The number of aryl methyl sites for hydroxylation is 1. The molecule has 0 saturated carbocycles. The number of carboxylic acids is 1. The van der Waals surface area contributed by atoms with Crippen LogP contribution in [0.3, 0.4) is 0 Å². The Balaban J connectivity index is 1.57. The van der Waals surface area contributed by atoms with Gasteiger partial charge >= 0.3 is 12.1 Å². The highest BCUT2D eigenvalue weighted by molar-refractivity contribution is 7.12. The Kier molecular flexibility index (Phi) is 7.49. The molecular weight excluding hydrogens is 547 g/mol. The zero-order valence-corrected chi connectivity index (χ0v) is 22.9. The van der Waals surface area contributed by atoms with E-state index in [9.17, 15) is 23.1 Å². The number of guanidine groups is 1. The number of anilines is 2. The van der Waals surface area contributed by atoms with Crippen LogP contribution in [-0.2, 0) is 11.0 Å². The number of aromatic nitrogens is 1. The second kappa shape index (κ2) is 10.9. The number of hydrogen-bond acceptors (Lipinski definition) is 9. The lowest BCUT2D eigenvalue weighted by molar-refractivity contribution is -0.138.